The summed E-state index contributed by atoms with van der Waals surface area (Å²) in [6.07, 6.45) is 2.00. The third-order valence-electron chi connectivity index (χ3n) is 3.67. The fraction of sp³-hybridized carbons (Fsp3) is 0.429. The molecule has 0 bridgehead atoms. The third-order valence-corrected chi connectivity index (χ3v) is 3.67. The molecule has 1 aromatic carbocycles. The molecule has 1 saturated carbocycles. The average molecular weight is 261 g/mol. The van der Waals surface area contributed by atoms with E-state index in [1.54, 1.807) is 25.1 Å². The molecule has 1 aliphatic carbocycles. The van der Waals surface area contributed by atoms with Gasteiger partial charge in [-0.15, -0.1) is 0 Å². The average Bonchev–Trinajstić information content (AvgIpc) is 3.15. The van der Waals surface area contributed by atoms with Gasteiger partial charge in [-0.3, -0.25) is 9.59 Å². The van der Waals surface area contributed by atoms with Crippen LogP contribution in [0.2, 0.25) is 0 Å². The molecular formula is C14H19N3O2. The molecule has 5 N–H and O–H groups in total. The molecular weight excluding hydrogens is 242 g/mol. The number of rotatable bonds is 4. The topological polar surface area (TPSA) is 98.2 Å². The first-order valence-corrected chi connectivity index (χ1v) is 6.33. The van der Waals surface area contributed by atoms with Crippen molar-refractivity contribution in [2.24, 2.45) is 17.4 Å². The number of amides is 2. The summed E-state index contributed by atoms with van der Waals surface area (Å²) in [5, 5.41) is 2.82. The maximum atomic E-state index is 12.2. The van der Waals surface area contributed by atoms with E-state index in [4.69, 9.17) is 11.5 Å². The van der Waals surface area contributed by atoms with Crippen LogP contribution < -0.4 is 16.8 Å². The van der Waals surface area contributed by atoms with Crippen molar-refractivity contribution in [2.45, 2.75) is 32.2 Å². The molecule has 1 aliphatic rings. The fourth-order valence-corrected chi connectivity index (χ4v) is 2.08. The number of anilines is 1. The minimum Gasteiger partial charge on any atom is -0.366 e. The Morgan fingerprint density at radius 2 is 2.00 bits per heavy atom. The Morgan fingerprint density at radius 1 is 1.37 bits per heavy atom. The molecule has 5 heteroatoms. The van der Waals surface area contributed by atoms with Crippen molar-refractivity contribution in [1.82, 2.24) is 0 Å². The maximum Gasteiger partial charge on any atom is 0.248 e. The van der Waals surface area contributed by atoms with Crippen molar-refractivity contribution in [3.05, 3.63) is 29.3 Å². The summed E-state index contributed by atoms with van der Waals surface area (Å²) in [6, 6.07) is 4.93. The lowest BCUT2D eigenvalue weighted by Crippen LogP contribution is -2.50. The largest absolute Gasteiger partial charge is 0.366 e. The fourth-order valence-electron chi connectivity index (χ4n) is 2.08. The smallest absolute Gasteiger partial charge is 0.248 e. The van der Waals surface area contributed by atoms with Gasteiger partial charge >= 0.3 is 0 Å². The molecule has 0 spiro atoms. The van der Waals surface area contributed by atoms with E-state index in [0.29, 0.717) is 11.3 Å². The Kier molecular flexibility index (Phi) is 3.32. The van der Waals surface area contributed by atoms with Crippen LogP contribution in [0, 0.1) is 12.8 Å². The summed E-state index contributed by atoms with van der Waals surface area (Å²) in [5.41, 5.74) is 12.3. The maximum absolute atomic E-state index is 12.2. The number of nitrogens with one attached hydrogen (secondary N) is 1. The SMILES string of the molecule is Cc1cc(C(N)=O)ccc1NC(=O)C(C)(N)C1CC1. The van der Waals surface area contributed by atoms with Crippen LogP contribution in [-0.4, -0.2) is 17.4 Å². The van der Waals surface area contributed by atoms with Gasteiger partial charge in [-0.2, -0.15) is 0 Å². The number of primary amides is 1. The second kappa shape index (κ2) is 4.66. The normalized spacial score (nSPS) is 17.6. The molecule has 0 radical (unpaired) electrons. The second-order valence-electron chi connectivity index (χ2n) is 5.41. The Balaban J connectivity index is 2.15. The number of hydrogen-bond donors (Lipinski definition) is 3. The van der Waals surface area contributed by atoms with Crippen LogP contribution in [-0.2, 0) is 4.79 Å². The highest BCUT2D eigenvalue weighted by atomic mass is 16.2. The van der Waals surface area contributed by atoms with Gasteiger partial charge in [-0.25, -0.2) is 0 Å². The van der Waals surface area contributed by atoms with E-state index < -0.39 is 11.4 Å². The highest BCUT2D eigenvalue weighted by Crippen LogP contribution is 2.38. The first-order valence-electron chi connectivity index (χ1n) is 6.33. The Hall–Kier alpha value is -1.88. The van der Waals surface area contributed by atoms with Gasteiger partial charge < -0.3 is 16.8 Å². The van der Waals surface area contributed by atoms with Crippen LogP contribution in [0.5, 0.6) is 0 Å². The van der Waals surface area contributed by atoms with Crippen molar-refractivity contribution in [1.29, 1.82) is 0 Å². The number of hydrogen-bond acceptors (Lipinski definition) is 3. The highest BCUT2D eigenvalue weighted by molar-refractivity contribution is 5.99. The molecule has 2 rings (SSSR count). The summed E-state index contributed by atoms with van der Waals surface area (Å²) in [4.78, 5) is 23.2. The highest BCUT2D eigenvalue weighted by Gasteiger charge is 2.44. The number of nitrogens with two attached hydrogens (primary N) is 2. The van der Waals surface area contributed by atoms with Gasteiger partial charge in [-0.05, 0) is 56.4 Å². The van der Waals surface area contributed by atoms with Crippen molar-refractivity contribution in [3.63, 3.8) is 0 Å². The van der Waals surface area contributed by atoms with Crippen molar-refractivity contribution >= 4 is 17.5 Å². The minimum atomic E-state index is -0.838. The van der Waals surface area contributed by atoms with Crippen LogP contribution in [0.15, 0.2) is 18.2 Å². The van der Waals surface area contributed by atoms with E-state index in [0.717, 1.165) is 18.4 Å². The lowest BCUT2D eigenvalue weighted by molar-refractivity contribution is -0.121. The van der Waals surface area contributed by atoms with E-state index in [2.05, 4.69) is 5.32 Å². The van der Waals surface area contributed by atoms with E-state index in [9.17, 15) is 9.59 Å². The van der Waals surface area contributed by atoms with Gasteiger partial charge in [-0.1, -0.05) is 0 Å². The Morgan fingerprint density at radius 3 is 2.47 bits per heavy atom. The van der Waals surface area contributed by atoms with Gasteiger partial charge in [0.25, 0.3) is 0 Å². The molecule has 1 unspecified atom stereocenters. The Bertz CT molecular complexity index is 533. The quantitative estimate of drug-likeness (QED) is 0.758. The first-order chi connectivity index (χ1) is 8.82. The van der Waals surface area contributed by atoms with Gasteiger partial charge in [0, 0.05) is 11.3 Å². The molecule has 102 valence electrons. The molecule has 0 aromatic heterocycles. The molecule has 2 amide bonds. The molecule has 0 saturated heterocycles. The molecule has 19 heavy (non-hydrogen) atoms. The summed E-state index contributed by atoms with van der Waals surface area (Å²) in [5.74, 6) is -0.412. The van der Waals surface area contributed by atoms with Crippen molar-refractivity contribution < 1.29 is 9.59 Å². The van der Waals surface area contributed by atoms with Crippen LogP contribution >= 0.6 is 0 Å². The minimum absolute atomic E-state index is 0.190. The van der Waals surface area contributed by atoms with E-state index in [-0.39, 0.29) is 11.8 Å². The zero-order chi connectivity index (χ0) is 14.2. The molecule has 1 aromatic rings. The number of benzene rings is 1. The zero-order valence-electron chi connectivity index (χ0n) is 11.2. The summed E-state index contributed by atoms with van der Waals surface area (Å²) in [6.45, 7) is 3.57. The number of carbonyl (C=O) groups is 2. The van der Waals surface area contributed by atoms with E-state index >= 15 is 0 Å². The van der Waals surface area contributed by atoms with Gasteiger partial charge in [0.15, 0.2) is 0 Å². The lowest BCUT2D eigenvalue weighted by Gasteiger charge is -2.23. The van der Waals surface area contributed by atoms with E-state index in [1.807, 2.05) is 6.92 Å². The number of carbonyl (C=O) groups excluding carboxylic acids is 2. The molecule has 5 nitrogen and oxygen atoms in total. The monoisotopic (exact) mass is 261 g/mol. The molecule has 0 aliphatic heterocycles. The summed E-state index contributed by atoms with van der Waals surface area (Å²) in [7, 11) is 0. The third kappa shape index (κ3) is 2.76. The van der Waals surface area contributed by atoms with Crippen molar-refractivity contribution in [2.75, 3.05) is 5.32 Å². The van der Waals surface area contributed by atoms with E-state index in [1.165, 1.54) is 0 Å². The molecule has 1 atom stereocenters. The van der Waals surface area contributed by atoms with Crippen LogP contribution in [0.25, 0.3) is 0 Å². The lowest BCUT2D eigenvalue weighted by atomic mass is 9.96. The standard InChI is InChI=1S/C14H19N3O2/c1-8-7-9(12(15)18)3-6-11(8)17-13(19)14(2,16)10-4-5-10/h3,6-7,10H,4-5,16H2,1-2H3,(H2,15,18)(H,17,19). The van der Waals surface area contributed by atoms with Gasteiger partial charge in [0.2, 0.25) is 11.8 Å². The van der Waals surface area contributed by atoms with Crippen LogP contribution in [0.4, 0.5) is 5.69 Å². The second-order valence-corrected chi connectivity index (χ2v) is 5.41. The van der Waals surface area contributed by atoms with Crippen LogP contribution in [0.3, 0.4) is 0 Å². The zero-order valence-corrected chi connectivity index (χ0v) is 11.2. The molecule has 1 fully saturated rings. The predicted octanol–water partition coefficient (Wildman–Crippen LogP) is 1.16. The predicted molar refractivity (Wildman–Crippen MR) is 73.6 cm³/mol. The van der Waals surface area contributed by atoms with Gasteiger partial charge in [0.1, 0.15) is 0 Å². The van der Waals surface area contributed by atoms with Crippen molar-refractivity contribution in [3.8, 4) is 0 Å². The molecule has 0 heterocycles. The Labute approximate surface area is 112 Å². The van der Waals surface area contributed by atoms with Crippen LogP contribution in [0.1, 0.15) is 35.7 Å². The summed E-state index contributed by atoms with van der Waals surface area (Å²) >= 11 is 0. The summed E-state index contributed by atoms with van der Waals surface area (Å²) < 4.78 is 0. The number of aryl methyl sites for hydroxylation is 1. The first kappa shape index (κ1) is 13.5. The van der Waals surface area contributed by atoms with Gasteiger partial charge in [0.05, 0.1) is 5.54 Å².